The van der Waals surface area contributed by atoms with Crippen LogP contribution in [-0.4, -0.2) is 24.1 Å². The number of hydrogen-bond acceptors (Lipinski definition) is 4. The number of carbonyl (C=O) groups excluding carboxylic acids is 2. The lowest BCUT2D eigenvalue weighted by atomic mass is 9.41. The van der Waals surface area contributed by atoms with Gasteiger partial charge in [-0.15, -0.1) is 0 Å². The summed E-state index contributed by atoms with van der Waals surface area (Å²) < 4.78 is 11.5. The van der Waals surface area contributed by atoms with Gasteiger partial charge >= 0.3 is 11.9 Å². The van der Waals surface area contributed by atoms with E-state index in [1.165, 1.54) is 25.7 Å². The zero-order valence-corrected chi connectivity index (χ0v) is 23.9. The number of allylic oxidation sites excluding steroid dienone is 2. The van der Waals surface area contributed by atoms with E-state index >= 15 is 0 Å². The monoisotopic (exact) mass is 496 g/mol. The van der Waals surface area contributed by atoms with E-state index in [9.17, 15) is 9.59 Å². The molecule has 0 radical (unpaired) electrons. The molecule has 0 bridgehead atoms. The lowest BCUT2D eigenvalue weighted by molar-refractivity contribution is -0.175. The summed E-state index contributed by atoms with van der Waals surface area (Å²) in [7, 11) is 0. The maximum Gasteiger partial charge on any atom is 0.334 e. The minimum atomic E-state index is -0.145. The molecule has 0 spiro atoms. The van der Waals surface area contributed by atoms with Crippen LogP contribution in [0.25, 0.3) is 0 Å². The molecule has 5 rings (SSSR count). The second-order valence-electron chi connectivity index (χ2n) is 14.4. The van der Waals surface area contributed by atoms with Crippen molar-refractivity contribution in [1.82, 2.24) is 0 Å². The van der Waals surface area contributed by atoms with E-state index in [2.05, 4.69) is 47.6 Å². The summed E-state index contributed by atoms with van der Waals surface area (Å²) >= 11 is 0. The van der Waals surface area contributed by atoms with Gasteiger partial charge in [-0.1, -0.05) is 53.2 Å². The van der Waals surface area contributed by atoms with E-state index in [1.807, 2.05) is 13.0 Å². The van der Waals surface area contributed by atoms with Gasteiger partial charge in [0, 0.05) is 17.9 Å². The average molecular weight is 497 g/mol. The first-order chi connectivity index (χ1) is 16.7. The van der Waals surface area contributed by atoms with Crippen molar-refractivity contribution in [3.8, 4) is 0 Å². The van der Waals surface area contributed by atoms with Gasteiger partial charge in [0.25, 0.3) is 0 Å². The molecule has 3 fully saturated rings. The van der Waals surface area contributed by atoms with Crippen molar-refractivity contribution in [2.45, 2.75) is 119 Å². The Labute approximate surface area is 218 Å². The number of esters is 2. The summed E-state index contributed by atoms with van der Waals surface area (Å²) in [5, 5.41) is 0. The fourth-order valence-electron chi connectivity index (χ4n) is 10.3. The summed E-state index contributed by atoms with van der Waals surface area (Å²) in [5.74, 6) is 2.05. The molecule has 0 amide bonds. The fraction of sp³-hybridized carbons (Fsp3) is 0.812. The number of ether oxygens (including phenoxy) is 2. The number of rotatable bonds is 4. The van der Waals surface area contributed by atoms with Gasteiger partial charge in [0.1, 0.15) is 12.2 Å². The highest BCUT2D eigenvalue weighted by Crippen LogP contribution is 2.73. The number of fused-ring (bicyclic) bond motifs is 5. The normalized spacial score (nSPS) is 46.0. The molecule has 1 aliphatic heterocycles. The van der Waals surface area contributed by atoms with Crippen molar-refractivity contribution >= 4 is 11.9 Å². The topological polar surface area (TPSA) is 52.6 Å². The van der Waals surface area contributed by atoms with Gasteiger partial charge in [-0.05, 0) is 104 Å². The van der Waals surface area contributed by atoms with Crippen LogP contribution in [0.15, 0.2) is 23.3 Å². The van der Waals surface area contributed by atoms with Gasteiger partial charge < -0.3 is 9.47 Å². The lowest BCUT2D eigenvalue weighted by Gasteiger charge is -2.64. The Morgan fingerprint density at radius 2 is 1.83 bits per heavy atom. The van der Waals surface area contributed by atoms with Gasteiger partial charge in [-0.2, -0.15) is 0 Å². The van der Waals surface area contributed by atoms with Gasteiger partial charge in [0.05, 0.1) is 0 Å². The van der Waals surface area contributed by atoms with E-state index in [4.69, 9.17) is 9.47 Å². The van der Waals surface area contributed by atoms with Gasteiger partial charge in [-0.25, -0.2) is 4.79 Å². The predicted octanol–water partition coefficient (Wildman–Crippen LogP) is 7.42. The molecule has 4 aliphatic carbocycles. The molecule has 36 heavy (non-hydrogen) atoms. The van der Waals surface area contributed by atoms with Crippen LogP contribution in [0.1, 0.15) is 107 Å². The molecule has 4 heteroatoms. The molecular weight excluding hydrogens is 448 g/mol. The van der Waals surface area contributed by atoms with Crippen LogP contribution >= 0.6 is 0 Å². The van der Waals surface area contributed by atoms with Crippen molar-refractivity contribution in [2.75, 3.05) is 0 Å². The first kappa shape index (κ1) is 26.0. The van der Waals surface area contributed by atoms with Crippen LogP contribution in [-0.2, 0) is 19.1 Å². The van der Waals surface area contributed by atoms with Crippen molar-refractivity contribution in [1.29, 1.82) is 0 Å². The van der Waals surface area contributed by atoms with E-state index in [0.29, 0.717) is 23.7 Å². The Morgan fingerprint density at radius 3 is 2.47 bits per heavy atom. The average Bonchev–Trinajstić information content (AvgIpc) is 3.24. The number of carbonyl (C=O) groups is 2. The van der Waals surface area contributed by atoms with E-state index in [-0.39, 0.29) is 45.8 Å². The van der Waals surface area contributed by atoms with Gasteiger partial charge in [-0.3, -0.25) is 4.79 Å². The van der Waals surface area contributed by atoms with Crippen LogP contribution in [0.5, 0.6) is 0 Å². The summed E-state index contributed by atoms with van der Waals surface area (Å²) in [6.07, 6.45) is 13.9. The second kappa shape index (κ2) is 8.46. The second-order valence-corrected chi connectivity index (χ2v) is 14.4. The molecule has 0 aromatic carbocycles. The maximum atomic E-state index is 11.9. The van der Waals surface area contributed by atoms with Crippen molar-refractivity contribution in [2.24, 2.45) is 45.3 Å². The van der Waals surface area contributed by atoms with Crippen LogP contribution in [0.3, 0.4) is 0 Å². The van der Waals surface area contributed by atoms with Crippen molar-refractivity contribution in [3.05, 3.63) is 23.3 Å². The summed E-state index contributed by atoms with van der Waals surface area (Å²) in [6, 6.07) is 0. The Bertz CT molecular complexity index is 1010. The van der Waals surface area contributed by atoms with E-state index in [1.54, 1.807) is 12.5 Å². The first-order valence-electron chi connectivity index (χ1n) is 14.5. The quantitative estimate of drug-likeness (QED) is 0.300. The molecule has 0 N–H and O–H groups in total. The molecular formula is C32H48O4. The third kappa shape index (κ3) is 3.59. The van der Waals surface area contributed by atoms with Crippen molar-refractivity contribution < 1.29 is 19.1 Å². The van der Waals surface area contributed by atoms with Crippen LogP contribution in [0.4, 0.5) is 0 Å². The smallest absolute Gasteiger partial charge is 0.334 e. The highest BCUT2D eigenvalue weighted by molar-refractivity contribution is 5.90. The Balaban J connectivity index is 1.40. The van der Waals surface area contributed by atoms with Crippen molar-refractivity contribution in [3.63, 3.8) is 0 Å². The van der Waals surface area contributed by atoms with E-state index in [0.717, 1.165) is 31.3 Å². The summed E-state index contributed by atoms with van der Waals surface area (Å²) in [6.45, 7) is 18.2. The SMILES string of the molecule is CC(=O)O[C@@H]1CC[C@]2(C)[C@@H]3CC[C@]4(C)[C@@H]([C@H](C)C[C@@H]5C=C(C)C(=O)O5)CC[C@@]4(C)C3=CC[C@H]2C1(C)C. The molecule has 200 valence electrons. The van der Waals surface area contributed by atoms with Crippen LogP contribution in [0.2, 0.25) is 0 Å². The third-order valence-electron chi connectivity index (χ3n) is 12.5. The Hall–Kier alpha value is -1.58. The molecule has 0 aromatic heterocycles. The molecule has 3 saturated carbocycles. The largest absolute Gasteiger partial charge is 0.462 e. The highest BCUT2D eigenvalue weighted by Gasteiger charge is 2.65. The molecule has 5 aliphatic rings. The molecule has 0 aromatic rings. The zero-order chi connectivity index (χ0) is 26.3. The number of cyclic esters (lactones) is 1. The predicted molar refractivity (Wildman–Crippen MR) is 142 cm³/mol. The maximum absolute atomic E-state index is 11.9. The molecule has 0 saturated heterocycles. The molecule has 4 nitrogen and oxygen atoms in total. The lowest BCUT2D eigenvalue weighted by Crippen LogP contribution is -2.58. The fourth-order valence-corrected chi connectivity index (χ4v) is 10.3. The summed E-state index contributed by atoms with van der Waals surface area (Å²) in [4.78, 5) is 23.8. The van der Waals surface area contributed by atoms with E-state index < -0.39 is 0 Å². The standard InChI is InChI=1S/C32H48O4/c1-19(17-22-18-20(2)28(34)36-22)23-11-15-32(8)25-9-10-26-29(4,5)27(35-21(3)33)13-14-30(26,6)24(25)12-16-31(23,32)7/h9,18-19,22-24,26-27H,10-17H2,1-8H3/t19-,22-,23-,24-,26+,27-,30-,31-,32+/m1/s1. The third-order valence-corrected chi connectivity index (χ3v) is 12.5. The van der Waals surface area contributed by atoms with Crippen LogP contribution < -0.4 is 0 Å². The van der Waals surface area contributed by atoms with Crippen LogP contribution in [0, 0.1) is 45.3 Å². The first-order valence-corrected chi connectivity index (χ1v) is 14.5. The minimum absolute atomic E-state index is 0.0144. The number of hydrogen-bond donors (Lipinski definition) is 0. The van der Waals surface area contributed by atoms with Gasteiger partial charge in [0.2, 0.25) is 0 Å². The molecule has 1 heterocycles. The van der Waals surface area contributed by atoms with Gasteiger partial charge in [0.15, 0.2) is 0 Å². The summed E-state index contributed by atoms with van der Waals surface area (Å²) in [5.41, 5.74) is 3.27. The Morgan fingerprint density at radius 1 is 1.11 bits per heavy atom. The highest BCUT2D eigenvalue weighted by atomic mass is 16.5. The molecule has 9 atom stereocenters. The minimum Gasteiger partial charge on any atom is -0.462 e. The zero-order valence-electron chi connectivity index (χ0n) is 23.9. The molecule has 0 unspecified atom stereocenters. The Kier molecular flexibility index (Phi) is 6.12.